The van der Waals surface area contributed by atoms with Crippen molar-refractivity contribution in [3.63, 3.8) is 0 Å². The molecule has 0 aliphatic heterocycles. The molecule has 2 rings (SSSR count). The predicted molar refractivity (Wildman–Crippen MR) is 78.7 cm³/mol. The predicted octanol–water partition coefficient (Wildman–Crippen LogP) is 1.53. The summed E-state index contributed by atoms with van der Waals surface area (Å²) < 4.78 is 16.0. The standard InChI is InChI=1S/C16H18FN3O/c1-19(12-16-18-7-8-20(16)2)11-14-6-5-13(4-3-9-21)10-15(14)17/h5-8,10,21H,9,11-12H2,1-2H3. The lowest BCUT2D eigenvalue weighted by molar-refractivity contribution is 0.302. The van der Waals surface area contributed by atoms with E-state index in [0.717, 1.165) is 5.82 Å². The average molecular weight is 287 g/mol. The number of imidazole rings is 1. The Hall–Kier alpha value is -2.16. The number of aliphatic hydroxyl groups is 1. The molecule has 1 heterocycles. The molecule has 21 heavy (non-hydrogen) atoms. The van der Waals surface area contributed by atoms with Crippen molar-refractivity contribution in [2.75, 3.05) is 13.7 Å². The maximum atomic E-state index is 14.0. The molecule has 0 fully saturated rings. The summed E-state index contributed by atoms with van der Waals surface area (Å²) in [4.78, 5) is 6.25. The minimum atomic E-state index is -0.286. The second-order valence-electron chi connectivity index (χ2n) is 4.89. The molecule has 0 saturated carbocycles. The quantitative estimate of drug-likeness (QED) is 0.867. The Kier molecular flexibility index (Phi) is 5.09. The molecule has 1 N–H and O–H groups in total. The SMILES string of the molecule is CN(Cc1ccc(C#CCO)cc1F)Cc1nccn1C. The van der Waals surface area contributed by atoms with E-state index in [2.05, 4.69) is 16.8 Å². The van der Waals surface area contributed by atoms with Gasteiger partial charge in [-0.1, -0.05) is 17.9 Å². The highest BCUT2D eigenvalue weighted by molar-refractivity contribution is 5.37. The van der Waals surface area contributed by atoms with Crippen molar-refractivity contribution < 1.29 is 9.50 Å². The molecule has 4 nitrogen and oxygen atoms in total. The van der Waals surface area contributed by atoms with E-state index in [1.807, 2.05) is 29.8 Å². The molecule has 0 saturated heterocycles. The Balaban J connectivity index is 2.04. The van der Waals surface area contributed by atoms with E-state index in [0.29, 0.717) is 24.2 Å². The zero-order valence-electron chi connectivity index (χ0n) is 12.2. The first-order valence-corrected chi connectivity index (χ1v) is 6.63. The first kappa shape index (κ1) is 15.2. The van der Waals surface area contributed by atoms with Gasteiger partial charge in [-0.3, -0.25) is 4.90 Å². The topological polar surface area (TPSA) is 41.3 Å². The molecule has 110 valence electrons. The molecular weight excluding hydrogens is 269 g/mol. The Morgan fingerprint density at radius 1 is 1.38 bits per heavy atom. The first-order chi connectivity index (χ1) is 10.1. The Morgan fingerprint density at radius 3 is 2.81 bits per heavy atom. The van der Waals surface area contributed by atoms with Crippen LogP contribution in [-0.4, -0.2) is 33.2 Å². The molecule has 0 aliphatic carbocycles. The molecule has 0 aliphatic rings. The highest BCUT2D eigenvalue weighted by atomic mass is 19.1. The highest BCUT2D eigenvalue weighted by Crippen LogP contribution is 2.13. The van der Waals surface area contributed by atoms with E-state index < -0.39 is 0 Å². The Morgan fingerprint density at radius 2 is 2.19 bits per heavy atom. The van der Waals surface area contributed by atoms with E-state index in [4.69, 9.17) is 5.11 Å². The van der Waals surface area contributed by atoms with Gasteiger partial charge >= 0.3 is 0 Å². The van der Waals surface area contributed by atoms with Crippen LogP contribution in [0.5, 0.6) is 0 Å². The van der Waals surface area contributed by atoms with Gasteiger partial charge in [0.15, 0.2) is 0 Å². The number of rotatable bonds is 4. The Bertz CT molecular complexity index is 670. The van der Waals surface area contributed by atoms with Crippen LogP contribution in [-0.2, 0) is 20.1 Å². The molecule has 1 aromatic heterocycles. The summed E-state index contributed by atoms with van der Waals surface area (Å²) in [5.74, 6) is 5.85. The van der Waals surface area contributed by atoms with Crippen LogP contribution >= 0.6 is 0 Å². The van der Waals surface area contributed by atoms with Crippen LogP contribution in [0, 0.1) is 17.7 Å². The maximum Gasteiger partial charge on any atom is 0.128 e. The van der Waals surface area contributed by atoms with E-state index in [1.54, 1.807) is 18.3 Å². The first-order valence-electron chi connectivity index (χ1n) is 6.63. The van der Waals surface area contributed by atoms with E-state index in [9.17, 15) is 4.39 Å². The number of halogens is 1. The molecule has 2 aromatic rings. The molecule has 1 aromatic carbocycles. The van der Waals surface area contributed by atoms with Crippen LogP contribution < -0.4 is 0 Å². The van der Waals surface area contributed by atoms with Gasteiger partial charge < -0.3 is 9.67 Å². The van der Waals surface area contributed by atoms with Crippen molar-refractivity contribution >= 4 is 0 Å². The zero-order valence-corrected chi connectivity index (χ0v) is 12.2. The number of aliphatic hydroxyl groups excluding tert-OH is 1. The van der Waals surface area contributed by atoms with Gasteiger partial charge in [-0.25, -0.2) is 9.37 Å². The number of hydrogen-bond acceptors (Lipinski definition) is 3. The van der Waals surface area contributed by atoms with Gasteiger partial charge in [0.05, 0.1) is 6.54 Å². The van der Waals surface area contributed by atoms with Crippen LogP contribution in [0.25, 0.3) is 0 Å². The van der Waals surface area contributed by atoms with Gasteiger partial charge in [0.1, 0.15) is 18.2 Å². The second-order valence-corrected chi connectivity index (χ2v) is 4.89. The van der Waals surface area contributed by atoms with Gasteiger partial charge in [0, 0.05) is 37.1 Å². The van der Waals surface area contributed by atoms with E-state index in [-0.39, 0.29) is 12.4 Å². The molecule has 0 bridgehead atoms. The zero-order chi connectivity index (χ0) is 15.2. The number of nitrogens with zero attached hydrogens (tertiary/aromatic N) is 3. The smallest absolute Gasteiger partial charge is 0.128 e. The average Bonchev–Trinajstić information content (AvgIpc) is 2.84. The normalized spacial score (nSPS) is 10.5. The fraction of sp³-hybridized carbons (Fsp3) is 0.312. The number of hydrogen-bond donors (Lipinski definition) is 1. The van der Waals surface area contributed by atoms with Crippen LogP contribution in [0.15, 0.2) is 30.6 Å². The second kappa shape index (κ2) is 7.02. The lowest BCUT2D eigenvalue weighted by Gasteiger charge is -2.17. The summed E-state index contributed by atoms with van der Waals surface area (Å²) in [7, 11) is 3.86. The molecule has 0 radical (unpaired) electrons. The fourth-order valence-corrected chi connectivity index (χ4v) is 2.03. The van der Waals surface area contributed by atoms with Gasteiger partial charge in [-0.15, -0.1) is 0 Å². The summed E-state index contributed by atoms with van der Waals surface area (Å²) in [6, 6.07) is 4.88. The van der Waals surface area contributed by atoms with Gasteiger partial charge in [-0.2, -0.15) is 0 Å². The van der Waals surface area contributed by atoms with E-state index >= 15 is 0 Å². The van der Waals surface area contributed by atoms with Gasteiger partial charge in [0.25, 0.3) is 0 Å². The van der Waals surface area contributed by atoms with E-state index in [1.165, 1.54) is 6.07 Å². The summed E-state index contributed by atoms with van der Waals surface area (Å²) in [6.45, 7) is 0.914. The molecule has 0 atom stereocenters. The number of aromatic nitrogens is 2. The molecular formula is C16H18FN3O. The van der Waals surface area contributed by atoms with Crippen LogP contribution in [0.4, 0.5) is 4.39 Å². The highest BCUT2D eigenvalue weighted by Gasteiger charge is 2.09. The Labute approximate surface area is 123 Å². The lowest BCUT2D eigenvalue weighted by Crippen LogP contribution is -2.20. The molecule has 0 unspecified atom stereocenters. The summed E-state index contributed by atoms with van der Waals surface area (Å²) in [6.07, 6.45) is 3.64. The monoisotopic (exact) mass is 287 g/mol. The third-order valence-corrected chi connectivity index (χ3v) is 3.14. The summed E-state index contributed by atoms with van der Waals surface area (Å²) in [5, 5.41) is 8.63. The molecule has 5 heteroatoms. The summed E-state index contributed by atoms with van der Waals surface area (Å²) in [5.41, 5.74) is 1.18. The number of benzene rings is 1. The van der Waals surface area contributed by atoms with Crippen molar-refractivity contribution in [3.8, 4) is 11.8 Å². The van der Waals surface area contributed by atoms with Crippen molar-refractivity contribution in [2.24, 2.45) is 7.05 Å². The van der Waals surface area contributed by atoms with Crippen molar-refractivity contribution in [1.29, 1.82) is 0 Å². The van der Waals surface area contributed by atoms with Gasteiger partial charge in [0.2, 0.25) is 0 Å². The van der Waals surface area contributed by atoms with Crippen molar-refractivity contribution in [3.05, 3.63) is 53.4 Å². The van der Waals surface area contributed by atoms with Crippen LogP contribution in [0.3, 0.4) is 0 Å². The molecule has 0 spiro atoms. The third kappa shape index (κ3) is 4.15. The minimum Gasteiger partial charge on any atom is -0.384 e. The van der Waals surface area contributed by atoms with Crippen LogP contribution in [0.2, 0.25) is 0 Å². The number of aryl methyl sites for hydroxylation is 1. The third-order valence-electron chi connectivity index (χ3n) is 3.14. The fourth-order valence-electron chi connectivity index (χ4n) is 2.03. The van der Waals surface area contributed by atoms with Crippen LogP contribution in [0.1, 0.15) is 17.0 Å². The van der Waals surface area contributed by atoms with Crippen molar-refractivity contribution in [2.45, 2.75) is 13.1 Å². The summed E-state index contributed by atoms with van der Waals surface area (Å²) >= 11 is 0. The largest absolute Gasteiger partial charge is 0.384 e. The minimum absolute atomic E-state index is 0.226. The lowest BCUT2D eigenvalue weighted by atomic mass is 10.1. The van der Waals surface area contributed by atoms with Gasteiger partial charge in [-0.05, 0) is 19.2 Å². The maximum absolute atomic E-state index is 14.0. The van der Waals surface area contributed by atoms with Crippen molar-refractivity contribution in [1.82, 2.24) is 14.5 Å². The molecule has 0 amide bonds.